The Balaban J connectivity index is 2.78. The molecule has 0 atom stereocenters. The summed E-state index contributed by atoms with van der Waals surface area (Å²) in [6, 6.07) is 1.06. The van der Waals surface area contributed by atoms with Gasteiger partial charge < -0.3 is 9.30 Å². The lowest BCUT2D eigenvalue weighted by Crippen LogP contribution is -2.11. The van der Waals surface area contributed by atoms with Crippen molar-refractivity contribution >= 4 is 49.4 Å². The van der Waals surface area contributed by atoms with E-state index in [1.165, 1.54) is 14.2 Å². The molecule has 0 fully saturated rings. The number of carbonyl (C=O) groups is 1. The van der Waals surface area contributed by atoms with Gasteiger partial charge in [-0.3, -0.25) is 9.78 Å². The number of aromatic nitrogens is 1. The van der Waals surface area contributed by atoms with Crippen molar-refractivity contribution in [2.45, 2.75) is 19.5 Å². The number of hydrogen-bond acceptors (Lipinski definition) is 4. The van der Waals surface area contributed by atoms with Crippen molar-refractivity contribution in [3.8, 4) is 16.9 Å². The van der Waals surface area contributed by atoms with Crippen LogP contribution in [0.1, 0.15) is 18.2 Å². The van der Waals surface area contributed by atoms with E-state index in [4.69, 9.17) is 21.2 Å². The summed E-state index contributed by atoms with van der Waals surface area (Å²) in [7, 11) is 2.57. The van der Waals surface area contributed by atoms with Crippen molar-refractivity contribution in [2.75, 3.05) is 13.7 Å². The smallest absolute Gasteiger partial charge is 0.384 e. The average Bonchev–Trinajstić information content (AvgIpc) is 2.83. The van der Waals surface area contributed by atoms with Crippen LogP contribution in [0.25, 0.3) is 11.1 Å². The third-order valence-electron chi connectivity index (χ3n) is 3.86. The summed E-state index contributed by atoms with van der Waals surface area (Å²) in [4.78, 5) is 20.4. The fourth-order valence-corrected chi connectivity index (χ4v) is 4.61. The lowest BCUT2D eigenvalue weighted by atomic mass is 10.0. The minimum absolute atomic E-state index is 0.000359. The molecule has 0 aliphatic heterocycles. The van der Waals surface area contributed by atoms with Crippen molar-refractivity contribution in [1.29, 1.82) is 0 Å². The van der Waals surface area contributed by atoms with Crippen LogP contribution in [0.5, 0.6) is 5.75 Å². The van der Waals surface area contributed by atoms with Gasteiger partial charge in [-0.25, -0.2) is 9.18 Å². The van der Waals surface area contributed by atoms with Crippen LogP contribution in [0.2, 0.25) is 5.02 Å². The van der Waals surface area contributed by atoms with Crippen LogP contribution in [0, 0.1) is 5.82 Å². The molecule has 12 heteroatoms. The molecule has 0 bridgehead atoms. The molecule has 0 N–H and O–H groups in total. The molecule has 1 aromatic heterocycles. The van der Waals surface area contributed by atoms with Gasteiger partial charge >= 0.3 is 12.1 Å². The Morgan fingerprint density at radius 1 is 1.31 bits per heavy atom. The van der Waals surface area contributed by atoms with Crippen molar-refractivity contribution in [2.24, 2.45) is 7.05 Å². The fourth-order valence-electron chi connectivity index (χ4n) is 2.60. The Labute approximate surface area is 185 Å². The predicted octanol–water partition coefficient (Wildman–Crippen LogP) is 6.07. The molecule has 0 aliphatic rings. The number of carbonyl (C=O) groups excluding carboxylic acids is 1. The molecule has 0 amide bonds. The van der Waals surface area contributed by atoms with Crippen LogP contribution in [-0.4, -0.2) is 24.3 Å². The van der Waals surface area contributed by atoms with Crippen LogP contribution < -0.4 is 4.89 Å². The van der Waals surface area contributed by atoms with E-state index in [1.54, 1.807) is 0 Å². The minimum atomic E-state index is -4.70. The number of halogens is 7. The zero-order valence-corrected chi connectivity index (χ0v) is 19.1. The molecule has 2 rings (SSSR count). The van der Waals surface area contributed by atoms with Crippen molar-refractivity contribution in [3.63, 3.8) is 0 Å². The summed E-state index contributed by atoms with van der Waals surface area (Å²) in [6.45, 7) is 1.15. The van der Waals surface area contributed by atoms with E-state index < -0.39 is 23.7 Å². The van der Waals surface area contributed by atoms with E-state index in [0.29, 0.717) is 0 Å². The Morgan fingerprint density at radius 2 is 1.93 bits per heavy atom. The summed E-state index contributed by atoms with van der Waals surface area (Å²) >= 11 is 12.2. The van der Waals surface area contributed by atoms with Crippen LogP contribution in [-0.2, 0) is 34.1 Å². The van der Waals surface area contributed by atoms with E-state index in [2.05, 4.69) is 36.7 Å². The topological polar surface area (TPSA) is 49.7 Å². The van der Waals surface area contributed by atoms with Gasteiger partial charge in [0.25, 0.3) is 0 Å². The second kappa shape index (κ2) is 9.23. The molecule has 160 valence electrons. The van der Waals surface area contributed by atoms with Gasteiger partial charge in [0.15, 0.2) is 5.75 Å². The molecule has 1 aromatic carbocycles. The summed E-state index contributed by atoms with van der Waals surface area (Å²) < 4.78 is 60.9. The van der Waals surface area contributed by atoms with Crippen LogP contribution in [0.4, 0.5) is 17.6 Å². The summed E-state index contributed by atoms with van der Waals surface area (Å²) in [6.07, 6.45) is -4.70. The van der Waals surface area contributed by atoms with Gasteiger partial charge in [-0.2, -0.15) is 13.2 Å². The normalized spacial score (nSPS) is 11.7. The van der Waals surface area contributed by atoms with E-state index in [9.17, 15) is 18.0 Å². The maximum Gasteiger partial charge on any atom is 0.432 e. The number of nitrogens with zero attached hydrogens (tertiary/aromatic N) is 1. The lowest BCUT2D eigenvalue weighted by molar-refractivity contribution is -0.210. The van der Waals surface area contributed by atoms with Crippen LogP contribution in [0.3, 0.4) is 0 Å². The molecule has 0 spiro atoms. The Hall–Kier alpha value is -1.30. The Bertz CT molecular complexity index is 947. The summed E-state index contributed by atoms with van der Waals surface area (Å²) in [5, 5.41) is -0.191. The molecule has 29 heavy (non-hydrogen) atoms. The molecular weight excluding hydrogens is 553 g/mol. The Kier molecular flexibility index (Phi) is 7.63. The Morgan fingerprint density at radius 3 is 2.41 bits per heavy atom. The first-order valence-corrected chi connectivity index (χ1v) is 9.84. The first kappa shape index (κ1) is 24.0. The van der Waals surface area contributed by atoms with E-state index >= 15 is 4.39 Å². The highest BCUT2D eigenvalue weighted by molar-refractivity contribution is 9.11. The van der Waals surface area contributed by atoms with Gasteiger partial charge in [0.1, 0.15) is 11.5 Å². The molecular formula is C17H14Br2ClF4NO4. The van der Waals surface area contributed by atoms with Gasteiger partial charge in [0.2, 0.25) is 0 Å². The molecule has 0 radical (unpaired) electrons. The third kappa shape index (κ3) is 4.89. The predicted molar refractivity (Wildman–Crippen MR) is 104 cm³/mol. The SMILES string of the molecule is COCCc1c(F)c(-c2c(Br)c(C(F)(F)F)n(C)c2Br)cc(OOC(C)=O)c1Cl. The van der Waals surface area contributed by atoms with E-state index in [0.717, 1.165) is 17.6 Å². The minimum Gasteiger partial charge on any atom is -0.384 e. The number of hydrogen-bond donors (Lipinski definition) is 0. The largest absolute Gasteiger partial charge is 0.432 e. The molecule has 0 unspecified atom stereocenters. The highest BCUT2D eigenvalue weighted by Crippen LogP contribution is 2.48. The molecule has 5 nitrogen and oxygen atoms in total. The number of ether oxygens (including phenoxy) is 1. The van der Waals surface area contributed by atoms with Gasteiger partial charge in [-0.05, 0) is 37.9 Å². The first-order valence-electron chi connectivity index (χ1n) is 7.87. The van der Waals surface area contributed by atoms with Crippen molar-refractivity contribution in [1.82, 2.24) is 4.57 Å². The molecule has 0 saturated heterocycles. The quantitative estimate of drug-likeness (QED) is 0.242. The summed E-state index contributed by atoms with van der Waals surface area (Å²) in [5.74, 6) is -1.89. The van der Waals surface area contributed by atoms with Gasteiger partial charge in [0.05, 0.1) is 20.7 Å². The number of rotatable bonds is 6. The lowest BCUT2D eigenvalue weighted by Gasteiger charge is -2.14. The number of methoxy groups -OCH3 is 1. The highest BCUT2D eigenvalue weighted by atomic mass is 79.9. The second-order valence-corrected chi connectivity index (χ2v) is 7.74. The average molecular weight is 568 g/mol. The van der Waals surface area contributed by atoms with Crippen LogP contribution in [0.15, 0.2) is 15.1 Å². The number of benzene rings is 1. The van der Waals surface area contributed by atoms with Gasteiger partial charge in [-0.15, -0.1) is 0 Å². The maximum absolute atomic E-state index is 15.3. The number of alkyl halides is 3. The molecule has 1 heterocycles. The van der Waals surface area contributed by atoms with Crippen LogP contribution >= 0.6 is 43.5 Å². The first-order chi connectivity index (χ1) is 13.4. The van der Waals surface area contributed by atoms with E-state index in [1.807, 2.05) is 0 Å². The molecule has 2 aromatic rings. The molecule has 0 saturated carbocycles. The monoisotopic (exact) mass is 565 g/mol. The maximum atomic E-state index is 15.3. The molecule has 0 aliphatic carbocycles. The standard InChI is InChI=1S/C17H14Br2ClF4NO4/c1-7(26)28-29-10-6-9(14(21)8(13(10)20)4-5-27-3)11-12(18)15(17(22,23)24)25(2)16(11)19/h6H,4-5H2,1-3H3. The van der Waals surface area contributed by atoms with Gasteiger partial charge in [0, 0.05) is 44.2 Å². The fraction of sp³-hybridized carbons (Fsp3) is 0.353. The van der Waals surface area contributed by atoms with Gasteiger partial charge in [-0.1, -0.05) is 11.6 Å². The third-order valence-corrected chi connectivity index (χ3v) is 5.98. The zero-order chi connectivity index (χ0) is 22.1. The summed E-state index contributed by atoms with van der Waals surface area (Å²) in [5.41, 5.74) is -1.44. The highest BCUT2D eigenvalue weighted by Gasteiger charge is 2.40. The van der Waals surface area contributed by atoms with Crippen molar-refractivity contribution < 1.29 is 36.9 Å². The van der Waals surface area contributed by atoms with Crippen molar-refractivity contribution in [3.05, 3.63) is 37.2 Å². The second-order valence-electron chi connectivity index (χ2n) is 5.82. The zero-order valence-electron chi connectivity index (χ0n) is 15.2. The van der Waals surface area contributed by atoms with E-state index in [-0.39, 0.29) is 49.6 Å².